The van der Waals surface area contributed by atoms with E-state index < -0.39 is 0 Å². The lowest BCUT2D eigenvalue weighted by molar-refractivity contribution is 0.0957. The molecule has 0 saturated carbocycles. The van der Waals surface area contributed by atoms with Crippen molar-refractivity contribution in [2.75, 3.05) is 25.0 Å². The molecule has 3 N–H and O–H groups in total. The van der Waals surface area contributed by atoms with Gasteiger partial charge in [-0.15, -0.1) is 10.2 Å². The molecule has 2 heterocycles. The normalized spacial score (nSPS) is 21.0. The third-order valence-corrected chi connectivity index (χ3v) is 3.64. The van der Waals surface area contributed by atoms with Crippen LogP contribution in [0.25, 0.3) is 0 Å². The number of nitrogens with zero attached hydrogens (tertiary/aromatic N) is 3. The summed E-state index contributed by atoms with van der Waals surface area (Å²) in [5.74, 6) is 1.10. The number of piperidine rings is 1. The van der Waals surface area contributed by atoms with Crippen molar-refractivity contribution in [3.05, 3.63) is 17.8 Å². The summed E-state index contributed by atoms with van der Waals surface area (Å²) < 4.78 is 0. The Hall–Kier alpha value is -1.69. The number of anilines is 1. The zero-order valence-electron chi connectivity index (χ0n) is 11.5. The van der Waals surface area contributed by atoms with Crippen molar-refractivity contribution in [3.8, 4) is 0 Å². The van der Waals surface area contributed by atoms with E-state index in [1.165, 1.54) is 0 Å². The van der Waals surface area contributed by atoms with Crippen LogP contribution in [0.4, 0.5) is 5.82 Å². The largest absolute Gasteiger partial charge is 0.355 e. The minimum atomic E-state index is -0.217. The van der Waals surface area contributed by atoms with Gasteiger partial charge in [0.15, 0.2) is 11.5 Å². The molecule has 0 bridgehead atoms. The number of nitrogens with one attached hydrogen (secondary N) is 1. The summed E-state index contributed by atoms with van der Waals surface area (Å²) in [6, 6.07) is 3.75. The van der Waals surface area contributed by atoms with Gasteiger partial charge in [0.05, 0.1) is 0 Å². The number of rotatable bonds is 3. The predicted molar refractivity (Wildman–Crippen MR) is 74.0 cm³/mol. The highest BCUT2D eigenvalue weighted by Gasteiger charge is 2.23. The Balaban J connectivity index is 2.07. The first-order valence-corrected chi connectivity index (χ1v) is 6.68. The second kappa shape index (κ2) is 5.97. The van der Waals surface area contributed by atoms with Gasteiger partial charge >= 0.3 is 0 Å². The summed E-state index contributed by atoms with van der Waals surface area (Å²) >= 11 is 0. The van der Waals surface area contributed by atoms with E-state index in [1.54, 1.807) is 13.1 Å². The summed E-state index contributed by atoms with van der Waals surface area (Å²) in [6.07, 6.45) is 2.28. The summed E-state index contributed by atoms with van der Waals surface area (Å²) in [7, 11) is 1.58. The maximum atomic E-state index is 11.4. The van der Waals surface area contributed by atoms with Gasteiger partial charge in [-0.25, -0.2) is 0 Å². The molecule has 0 radical (unpaired) electrons. The molecule has 19 heavy (non-hydrogen) atoms. The quantitative estimate of drug-likeness (QED) is 0.824. The SMILES string of the molecule is CNC(=O)c1ccc(N2CCCC(C(C)N)C2)nn1. The third kappa shape index (κ3) is 3.20. The number of hydrogen-bond acceptors (Lipinski definition) is 5. The Kier molecular flexibility index (Phi) is 4.31. The number of aromatic nitrogens is 2. The number of carbonyl (C=O) groups is 1. The molecule has 1 aliphatic rings. The Morgan fingerprint density at radius 2 is 2.32 bits per heavy atom. The van der Waals surface area contributed by atoms with Crippen LogP contribution in [0.2, 0.25) is 0 Å². The summed E-state index contributed by atoms with van der Waals surface area (Å²) in [4.78, 5) is 13.6. The molecule has 1 fully saturated rings. The van der Waals surface area contributed by atoms with Gasteiger partial charge in [0.2, 0.25) is 0 Å². The first-order valence-electron chi connectivity index (χ1n) is 6.68. The van der Waals surface area contributed by atoms with Crippen molar-refractivity contribution in [2.24, 2.45) is 11.7 Å². The molecule has 2 rings (SSSR count). The zero-order valence-corrected chi connectivity index (χ0v) is 11.5. The molecule has 6 heteroatoms. The third-order valence-electron chi connectivity index (χ3n) is 3.64. The zero-order chi connectivity index (χ0) is 13.8. The molecule has 1 aromatic rings. The van der Waals surface area contributed by atoms with Crippen molar-refractivity contribution < 1.29 is 4.79 Å². The van der Waals surface area contributed by atoms with Crippen LogP contribution in [0.1, 0.15) is 30.3 Å². The van der Waals surface area contributed by atoms with Crippen molar-refractivity contribution in [1.82, 2.24) is 15.5 Å². The fraction of sp³-hybridized carbons (Fsp3) is 0.615. The van der Waals surface area contributed by atoms with Gasteiger partial charge in [-0.2, -0.15) is 0 Å². The smallest absolute Gasteiger partial charge is 0.271 e. The molecular weight excluding hydrogens is 242 g/mol. The van der Waals surface area contributed by atoms with Gasteiger partial charge in [0.1, 0.15) is 0 Å². The van der Waals surface area contributed by atoms with Crippen LogP contribution in [0.3, 0.4) is 0 Å². The van der Waals surface area contributed by atoms with Crippen molar-refractivity contribution in [3.63, 3.8) is 0 Å². The van der Waals surface area contributed by atoms with E-state index in [0.29, 0.717) is 11.6 Å². The van der Waals surface area contributed by atoms with E-state index in [4.69, 9.17) is 5.73 Å². The van der Waals surface area contributed by atoms with Crippen molar-refractivity contribution in [2.45, 2.75) is 25.8 Å². The van der Waals surface area contributed by atoms with Gasteiger partial charge in [-0.3, -0.25) is 4.79 Å². The van der Waals surface area contributed by atoms with Gasteiger partial charge in [0.25, 0.3) is 5.91 Å². The monoisotopic (exact) mass is 263 g/mol. The maximum Gasteiger partial charge on any atom is 0.271 e. The highest BCUT2D eigenvalue weighted by Crippen LogP contribution is 2.22. The van der Waals surface area contributed by atoms with Gasteiger partial charge in [-0.1, -0.05) is 0 Å². The first-order chi connectivity index (χ1) is 9.11. The van der Waals surface area contributed by atoms with E-state index in [0.717, 1.165) is 31.7 Å². The predicted octanol–water partition coefficient (Wildman–Crippen LogP) is 0.400. The van der Waals surface area contributed by atoms with E-state index in [9.17, 15) is 4.79 Å². The lowest BCUT2D eigenvalue weighted by Gasteiger charge is -2.35. The van der Waals surface area contributed by atoms with Crippen LogP contribution in [0, 0.1) is 5.92 Å². The highest BCUT2D eigenvalue weighted by atomic mass is 16.1. The molecule has 104 valence electrons. The Labute approximate surface area is 113 Å². The standard InChI is InChI=1S/C13H21N5O/c1-9(14)10-4-3-7-18(8-10)12-6-5-11(16-17-12)13(19)15-2/h5-6,9-10H,3-4,7-8,14H2,1-2H3,(H,15,19). The van der Waals surface area contributed by atoms with E-state index in [1.807, 2.05) is 6.07 Å². The molecule has 0 spiro atoms. The Morgan fingerprint density at radius 3 is 2.89 bits per heavy atom. The average molecular weight is 263 g/mol. The highest BCUT2D eigenvalue weighted by molar-refractivity contribution is 5.91. The van der Waals surface area contributed by atoms with Crippen LogP contribution in [-0.2, 0) is 0 Å². The summed E-state index contributed by atoms with van der Waals surface area (Å²) in [5, 5.41) is 10.6. The minimum Gasteiger partial charge on any atom is -0.355 e. The molecule has 1 saturated heterocycles. The molecule has 0 aromatic carbocycles. The Bertz CT molecular complexity index is 431. The molecular formula is C13H21N5O. The van der Waals surface area contributed by atoms with Crippen LogP contribution in [0.15, 0.2) is 12.1 Å². The van der Waals surface area contributed by atoms with Gasteiger partial charge in [0, 0.05) is 26.2 Å². The first kappa shape index (κ1) is 13.7. The van der Waals surface area contributed by atoms with Gasteiger partial charge < -0.3 is 16.0 Å². The maximum absolute atomic E-state index is 11.4. The molecule has 1 amide bonds. The average Bonchev–Trinajstić information content (AvgIpc) is 2.46. The minimum absolute atomic E-state index is 0.195. The van der Waals surface area contributed by atoms with E-state index in [-0.39, 0.29) is 11.9 Å². The topological polar surface area (TPSA) is 84.1 Å². The molecule has 1 aromatic heterocycles. The number of hydrogen-bond donors (Lipinski definition) is 2. The molecule has 2 atom stereocenters. The second-order valence-electron chi connectivity index (χ2n) is 5.06. The molecule has 0 aliphatic carbocycles. The van der Waals surface area contributed by atoms with Crippen molar-refractivity contribution in [1.29, 1.82) is 0 Å². The van der Waals surface area contributed by atoms with Crippen LogP contribution < -0.4 is 16.0 Å². The summed E-state index contributed by atoms with van der Waals surface area (Å²) in [5.41, 5.74) is 6.31. The second-order valence-corrected chi connectivity index (χ2v) is 5.06. The number of nitrogens with two attached hydrogens (primary N) is 1. The Morgan fingerprint density at radius 1 is 1.53 bits per heavy atom. The number of amides is 1. The molecule has 6 nitrogen and oxygen atoms in total. The van der Waals surface area contributed by atoms with Crippen molar-refractivity contribution >= 4 is 11.7 Å². The fourth-order valence-electron chi connectivity index (χ4n) is 2.39. The molecule has 1 aliphatic heterocycles. The van der Waals surface area contributed by atoms with E-state index >= 15 is 0 Å². The lowest BCUT2D eigenvalue weighted by atomic mass is 9.92. The number of carbonyl (C=O) groups excluding carboxylic acids is 1. The lowest BCUT2D eigenvalue weighted by Crippen LogP contribution is -2.42. The van der Waals surface area contributed by atoms with Crippen LogP contribution in [0.5, 0.6) is 0 Å². The molecule has 2 unspecified atom stereocenters. The van der Waals surface area contributed by atoms with Crippen LogP contribution in [-0.4, -0.2) is 42.3 Å². The van der Waals surface area contributed by atoms with Gasteiger partial charge in [-0.05, 0) is 37.8 Å². The van der Waals surface area contributed by atoms with Crippen LogP contribution >= 0.6 is 0 Å². The summed E-state index contributed by atoms with van der Waals surface area (Å²) in [6.45, 7) is 3.93. The van der Waals surface area contributed by atoms with E-state index in [2.05, 4.69) is 27.3 Å². The fourth-order valence-corrected chi connectivity index (χ4v) is 2.39.